The Hall–Kier alpha value is -3.66. The second-order valence-electron chi connectivity index (χ2n) is 9.36. The number of nitrogens with zero attached hydrogens (tertiary/aromatic N) is 4. The summed E-state index contributed by atoms with van der Waals surface area (Å²) in [4.78, 5) is 30.5. The molecule has 0 radical (unpaired) electrons. The van der Waals surface area contributed by atoms with E-state index in [9.17, 15) is 14.7 Å². The molecular formula is C24H30N6O4. The van der Waals surface area contributed by atoms with Gasteiger partial charge < -0.3 is 25.8 Å². The number of aliphatic hydroxyl groups is 1. The van der Waals surface area contributed by atoms with Crippen LogP contribution in [0.3, 0.4) is 0 Å². The van der Waals surface area contributed by atoms with Crippen molar-refractivity contribution < 1.29 is 19.4 Å². The van der Waals surface area contributed by atoms with Crippen LogP contribution in [-0.4, -0.2) is 68.8 Å². The van der Waals surface area contributed by atoms with Gasteiger partial charge in [-0.05, 0) is 25.5 Å². The molecule has 34 heavy (non-hydrogen) atoms. The number of likely N-dealkylation sites (tertiary alicyclic amines) is 1. The molecule has 2 amide bonds. The highest BCUT2D eigenvalue weighted by molar-refractivity contribution is 6.02. The van der Waals surface area contributed by atoms with Gasteiger partial charge in [-0.15, -0.1) is 0 Å². The minimum Gasteiger partial charge on any atom is -0.481 e. The highest BCUT2D eigenvalue weighted by Crippen LogP contribution is 2.35. The van der Waals surface area contributed by atoms with Gasteiger partial charge in [0.05, 0.1) is 30.1 Å². The van der Waals surface area contributed by atoms with Crippen LogP contribution in [0.5, 0.6) is 5.88 Å². The molecule has 2 atom stereocenters. The highest BCUT2D eigenvalue weighted by Gasteiger charge is 2.39. The zero-order chi connectivity index (χ0) is 24.6. The molecule has 4 rings (SSSR count). The van der Waals surface area contributed by atoms with E-state index in [0.717, 1.165) is 11.1 Å². The molecule has 10 heteroatoms. The predicted molar refractivity (Wildman–Crippen MR) is 128 cm³/mol. The number of aromatic nitrogens is 3. The number of piperidine rings is 1. The van der Waals surface area contributed by atoms with Crippen LogP contribution in [0.15, 0.2) is 36.8 Å². The Morgan fingerprint density at radius 1 is 1.29 bits per heavy atom. The molecule has 1 saturated heterocycles. The van der Waals surface area contributed by atoms with Crippen molar-refractivity contribution in [2.75, 3.05) is 25.5 Å². The van der Waals surface area contributed by atoms with Crippen molar-refractivity contribution in [3.63, 3.8) is 0 Å². The second-order valence-corrected chi connectivity index (χ2v) is 9.36. The molecule has 0 aliphatic carbocycles. The molecule has 0 spiro atoms. The van der Waals surface area contributed by atoms with Crippen molar-refractivity contribution in [3.05, 3.63) is 42.4 Å². The molecule has 0 saturated carbocycles. The molecule has 3 aromatic rings. The minimum absolute atomic E-state index is 0.0455. The number of anilines is 1. The second kappa shape index (κ2) is 8.94. The number of fused-ring (bicyclic) bond motifs is 1. The molecule has 0 aromatic carbocycles. The summed E-state index contributed by atoms with van der Waals surface area (Å²) in [6.45, 7) is 6.57. The fourth-order valence-corrected chi connectivity index (χ4v) is 4.48. The van der Waals surface area contributed by atoms with E-state index in [1.54, 1.807) is 28.8 Å². The number of hydrogen-bond donors (Lipinski definition) is 3. The lowest BCUT2D eigenvalue weighted by Gasteiger charge is -2.45. The van der Waals surface area contributed by atoms with Crippen molar-refractivity contribution >= 4 is 23.0 Å². The summed E-state index contributed by atoms with van der Waals surface area (Å²) >= 11 is 0. The van der Waals surface area contributed by atoms with E-state index in [4.69, 9.17) is 10.5 Å². The first-order chi connectivity index (χ1) is 16.1. The summed E-state index contributed by atoms with van der Waals surface area (Å²) in [6.07, 6.45) is 4.66. The Morgan fingerprint density at radius 2 is 2.06 bits per heavy atom. The summed E-state index contributed by atoms with van der Waals surface area (Å²) in [5.41, 5.74) is 8.72. The van der Waals surface area contributed by atoms with Gasteiger partial charge in [0.2, 0.25) is 5.88 Å². The molecule has 3 aromatic heterocycles. The van der Waals surface area contributed by atoms with E-state index < -0.39 is 12.0 Å². The molecule has 1 fully saturated rings. The Labute approximate surface area is 197 Å². The summed E-state index contributed by atoms with van der Waals surface area (Å²) in [5, 5.41) is 17.6. The topological polar surface area (TPSA) is 135 Å². The van der Waals surface area contributed by atoms with E-state index in [0.29, 0.717) is 42.2 Å². The van der Waals surface area contributed by atoms with Gasteiger partial charge in [0, 0.05) is 54.1 Å². The van der Waals surface area contributed by atoms with E-state index in [2.05, 4.69) is 29.2 Å². The number of primary amides is 1. The quantitative estimate of drug-likeness (QED) is 0.505. The Kier molecular flexibility index (Phi) is 6.18. The number of carbonyl (C=O) groups is 2. The van der Waals surface area contributed by atoms with Crippen LogP contribution >= 0.6 is 0 Å². The van der Waals surface area contributed by atoms with Gasteiger partial charge in [-0.2, -0.15) is 5.10 Å². The smallest absolute Gasteiger partial charge is 0.252 e. The van der Waals surface area contributed by atoms with Crippen molar-refractivity contribution in [3.8, 4) is 17.0 Å². The third kappa shape index (κ3) is 4.41. The standard InChI is InChI=1S/C24H30N6O4/c1-14(31)23(33)29-8-7-19(24(2,3)13-29)28-21-17(22(25)32)11-27-30-12-16(9-18(21)30)15-5-6-20(34-4)26-10-15/h5-6,9-12,14,19,28,31H,7-8,13H2,1-4H3,(H2,25,32)/t14-,19-/m1/s1. The summed E-state index contributed by atoms with van der Waals surface area (Å²) in [5.74, 6) is -0.336. The van der Waals surface area contributed by atoms with Crippen LogP contribution in [0.1, 0.15) is 37.6 Å². The fraction of sp³-hybridized carbons (Fsp3) is 0.417. The molecule has 0 bridgehead atoms. The number of amides is 2. The van der Waals surface area contributed by atoms with Gasteiger partial charge in [0.25, 0.3) is 11.8 Å². The summed E-state index contributed by atoms with van der Waals surface area (Å²) < 4.78 is 6.84. The number of pyridine rings is 1. The van der Waals surface area contributed by atoms with E-state index in [-0.39, 0.29) is 17.4 Å². The molecule has 4 heterocycles. The third-order valence-corrected chi connectivity index (χ3v) is 6.40. The average molecular weight is 467 g/mol. The number of carbonyl (C=O) groups excluding carboxylic acids is 2. The number of nitrogens with one attached hydrogen (secondary N) is 1. The first kappa shape index (κ1) is 23.5. The lowest BCUT2D eigenvalue weighted by molar-refractivity contribution is -0.142. The average Bonchev–Trinajstić information content (AvgIpc) is 3.24. The van der Waals surface area contributed by atoms with Gasteiger partial charge in [-0.25, -0.2) is 9.50 Å². The maximum absolute atomic E-state index is 12.3. The van der Waals surface area contributed by atoms with Crippen LogP contribution in [0.4, 0.5) is 5.69 Å². The monoisotopic (exact) mass is 466 g/mol. The van der Waals surface area contributed by atoms with Gasteiger partial charge in [0.1, 0.15) is 6.10 Å². The molecule has 1 aliphatic heterocycles. The predicted octanol–water partition coefficient (Wildman–Crippen LogP) is 1.92. The number of aliphatic hydroxyl groups excluding tert-OH is 1. The van der Waals surface area contributed by atoms with Crippen LogP contribution in [0, 0.1) is 5.41 Å². The number of methoxy groups -OCH3 is 1. The van der Waals surface area contributed by atoms with Crippen LogP contribution in [-0.2, 0) is 4.79 Å². The zero-order valence-electron chi connectivity index (χ0n) is 19.8. The first-order valence-electron chi connectivity index (χ1n) is 11.2. The van der Waals surface area contributed by atoms with Crippen molar-refractivity contribution in [1.82, 2.24) is 19.5 Å². The van der Waals surface area contributed by atoms with Crippen molar-refractivity contribution in [2.24, 2.45) is 11.1 Å². The molecular weight excluding hydrogens is 436 g/mol. The van der Waals surface area contributed by atoms with Gasteiger partial charge in [-0.3, -0.25) is 9.59 Å². The van der Waals surface area contributed by atoms with Crippen LogP contribution in [0.2, 0.25) is 0 Å². The first-order valence-corrected chi connectivity index (χ1v) is 11.2. The minimum atomic E-state index is -1.03. The summed E-state index contributed by atoms with van der Waals surface area (Å²) in [7, 11) is 1.56. The van der Waals surface area contributed by atoms with Crippen LogP contribution in [0.25, 0.3) is 16.6 Å². The van der Waals surface area contributed by atoms with Gasteiger partial charge in [-0.1, -0.05) is 13.8 Å². The number of hydrogen-bond acceptors (Lipinski definition) is 7. The van der Waals surface area contributed by atoms with Gasteiger partial charge >= 0.3 is 0 Å². The molecule has 1 aliphatic rings. The third-order valence-electron chi connectivity index (χ3n) is 6.40. The fourth-order valence-electron chi connectivity index (χ4n) is 4.48. The molecule has 180 valence electrons. The molecule has 0 unspecified atom stereocenters. The van der Waals surface area contributed by atoms with E-state index in [1.165, 1.54) is 13.1 Å². The summed E-state index contributed by atoms with van der Waals surface area (Å²) in [6, 6.07) is 5.57. The lowest BCUT2D eigenvalue weighted by atomic mass is 9.78. The number of ether oxygens (including phenoxy) is 1. The SMILES string of the molecule is COc1ccc(-c2cc3c(N[C@@H]4CCN(C(=O)[C@@H](C)O)CC4(C)C)c(C(N)=O)cnn3c2)cn1. The Morgan fingerprint density at radius 3 is 2.65 bits per heavy atom. The maximum atomic E-state index is 12.3. The number of rotatable bonds is 6. The number of nitrogens with two attached hydrogens (primary N) is 1. The van der Waals surface area contributed by atoms with Crippen molar-refractivity contribution in [2.45, 2.75) is 39.3 Å². The van der Waals surface area contributed by atoms with E-state index in [1.807, 2.05) is 18.3 Å². The van der Waals surface area contributed by atoms with Crippen LogP contribution < -0.4 is 15.8 Å². The maximum Gasteiger partial charge on any atom is 0.252 e. The lowest BCUT2D eigenvalue weighted by Crippen LogP contribution is -2.55. The molecule has 4 N–H and O–H groups in total. The van der Waals surface area contributed by atoms with Crippen molar-refractivity contribution in [1.29, 1.82) is 0 Å². The molecule has 10 nitrogen and oxygen atoms in total. The largest absolute Gasteiger partial charge is 0.481 e. The Bertz CT molecular complexity index is 1220. The highest BCUT2D eigenvalue weighted by atomic mass is 16.5. The Balaban J connectivity index is 1.69. The normalized spacial score (nSPS) is 18.5. The van der Waals surface area contributed by atoms with Gasteiger partial charge in [0.15, 0.2) is 0 Å². The van der Waals surface area contributed by atoms with E-state index >= 15 is 0 Å². The zero-order valence-corrected chi connectivity index (χ0v) is 19.8.